The lowest BCUT2D eigenvalue weighted by molar-refractivity contribution is -0.117. The lowest BCUT2D eigenvalue weighted by Crippen LogP contribution is -2.33. The van der Waals surface area contributed by atoms with Crippen molar-refractivity contribution in [2.45, 2.75) is 31.2 Å². The van der Waals surface area contributed by atoms with E-state index >= 15 is 0 Å². The van der Waals surface area contributed by atoms with Crippen molar-refractivity contribution in [1.29, 1.82) is 0 Å². The number of rotatable bonds is 4. The zero-order valence-corrected chi connectivity index (χ0v) is 14.7. The molecule has 1 amide bonds. The molecule has 3 aromatic rings. The van der Waals surface area contributed by atoms with Crippen LogP contribution in [-0.4, -0.2) is 38.3 Å². The minimum Gasteiger partial charge on any atom is -0.357 e. The average molecular weight is 369 g/mol. The van der Waals surface area contributed by atoms with Gasteiger partial charge >= 0.3 is 0 Å². The first kappa shape index (κ1) is 15.6. The fourth-order valence-corrected chi connectivity index (χ4v) is 3.56. The highest BCUT2D eigenvalue weighted by atomic mass is 35.5. The van der Waals surface area contributed by atoms with E-state index in [1.54, 1.807) is 15.5 Å². The van der Waals surface area contributed by atoms with Crippen LogP contribution in [0.4, 0.5) is 11.5 Å². The van der Waals surface area contributed by atoms with Crippen molar-refractivity contribution in [1.82, 2.24) is 19.8 Å². The van der Waals surface area contributed by atoms with E-state index < -0.39 is 0 Å². The first-order chi connectivity index (χ1) is 12.7. The van der Waals surface area contributed by atoms with E-state index in [0.29, 0.717) is 29.7 Å². The van der Waals surface area contributed by atoms with Gasteiger partial charge in [-0.3, -0.25) is 4.79 Å². The quantitative estimate of drug-likeness (QED) is 0.766. The van der Waals surface area contributed by atoms with Crippen LogP contribution >= 0.6 is 11.6 Å². The molecule has 0 spiro atoms. The van der Waals surface area contributed by atoms with Crippen LogP contribution in [0.2, 0.25) is 5.02 Å². The summed E-state index contributed by atoms with van der Waals surface area (Å²) in [6.45, 7) is 0.652. The number of carbonyl (C=O) groups excluding carboxylic acids is 1. The Morgan fingerprint density at radius 2 is 2.00 bits per heavy atom. The molecule has 132 valence electrons. The third-order valence-electron chi connectivity index (χ3n) is 4.88. The van der Waals surface area contributed by atoms with E-state index in [9.17, 15) is 4.79 Å². The number of aromatic nitrogens is 4. The highest BCUT2D eigenvalue weighted by molar-refractivity contribution is 6.31. The Hall–Kier alpha value is -2.67. The topological polar surface area (TPSA) is 75.4 Å². The number of benzene rings is 1. The molecule has 3 heterocycles. The molecule has 1 aliphatic heterocycles. The predicted molar refractivity (Wildman–Crippen MR) is 98.6 cm³/mol. The molecule has 1 unspecified atom stereocenters. The lowest BCUT2D eigenvalue weighted by Gasteiger charge is -2.17. The van der Waals surface area contributed by atoms with Crippen LogP contribution in [0.15, 0.2) is 36.4 Å². The Balaban J connectivity index is 1.37. The standard InChI is InChI=1S/C18H17ClN6O/c19-12-2-1-3-13(10-12)24-9-8-14(18(24)26)20-15-6-7-16-21-22-17(11-4-5-11)25(16)23-15/h1-3,6-7,10-11,14H,4-5,8-9H2,(H,20,23). The maximum atomic E-state index is 12.8. The summed E-state index contributed by atoms with van der Waals surface area (Å²) in [4.78, 5) is 14.5. The molecule has 1 N–H and O–H groups in total. The smallest absolute Gasteiger partial charge is 0.249 e. The molecule has 26 heavy (non-hydrogen) atoms. The fraction of sp³-hybridized carbons (Fsp3) is 0.333. The van der Waals surface area contributed by atoms with Crippen molar-refractivity contribution >= 4 is 34.7 Å². The van der Waals surface area contributed by atoms with Crippen LogP contribution in [0.1, 0.15) is 31.0 Å². The van der Waals surface area contributed by atoms with Gasteiger partial charge in [0.15, 0.2) is 11.5 Å². The second-order valence-electron chi connectivity index (χ2n) is 6.78. The minimum atomic E-state index is -0.306. The van der Waals surface area contributed by atoms with Crippen molar-refractivity contribution in [3.05, 3.63) is 47.2 Å². The lowest BCUT2D eigenvalue weighted by atomic mass is 10.2. The van der Waals surface area contributed by atoms with E-state index in [2.05, 4.69) is 20.6 Å². The van der Waals surface area contributed by atoms with Crippen LogP contribution in [0.3, 0.4) is 0 Å². The molecule has 8 heteroatoms. The molecule has 0 bridgehead atoms. The van der Waals surface area contributed by atoms with Gasteiger partial charge in [-0.1, -0.05) is 17.7 Å². The predicted octanol–water partition coefficient (Wildman–Crippen LogP) is 2.87. The van der Waals surface area contributed by atoms with Crippen LogP contribution in [0, 0.1) is 0 Å². The second kappa shape index (κ2) is 5.95. The van der Waals surface area contributed by atoms with Crippen LogP contribution in [0.25, 0.3) is 5.65 Å². The molecular formula is C18H17ClN6O. The number of carbonyl (C=O) groups is 1. The molecular weight excluding hydrogens is 352 g/mol. The van der Waals surface area contributed by atoms with Crippen molar-refractivity contribution < 1.29 is 4.79 Å². The molecule has 2 aromatic heterocycles. The number of amides is 1. The molecule has 1 saturated heterocycles. The molecule has 7 nitrogen and oxygen atoms in total. The number of nitrogens with one attached hydrogen (secondary N) is 1. The number of hydrogen-bond acceptors (Lipinski definition) is 5. The summed E-state index contributed by atoms with van der Waals surface area (Å²) < 4.78 is 1.79. The Kier molecular flexibility index (Phi) is 3.56. The van der Waals surface area contributed by atoms with E-state index in [-0.39, 0.29) is 11.9 Å². The number of nitrogens with zero attached hydrogens (tertiary/aromatic N) is 5. The van der Waals surface area contributed by atoms with Gasteiger partial charge in [0.2, 0.25) is 5.91 Å². The second-order valence-corrected chi connectivity index (χ2v) is 7.21. The van der Waals surface area contributed by atoms with Gasteiger partial charge in [0.25, 0.3) is 0 Å². The molecule has 1 aliphatic carbocycles. The SMILES string of the molecule is O=C1C(Nc2ccc3nnc(C4CC4)n3n2)CCN1c1cccc(Cl)c1. The summed E-state index contributed by atoms with van der Waals surface area (Å²) in [5.74, 6) is 2.05. The van der Waals surface area contributed by atoms with Crippen LogP contribution in [0.5, 0.6) is 0 Å². The van der Waals surface area contributed by atoms with Crippen molar-refractivity contribution in [2.24, 2.45) is 0 Å². The van der Waals surface area contributed by atoms with E-state index in [0.717, 1.165) is 30.0 Å². The normalized spacial score (nSPS) is 20.1. The van der Waals surface area contributed by atoms with E-state index in [1.807, 2.05) is 30.3 Å². The van der Waals surface area contributed by atoms with Gasteiger partial charge in [0, 0.05) is 23.2 Å². The molecule has 2 aliphatic rings. The molecule has 1 atom stereocenters. The van der Waals surface area contributed by atoms with Crippen LogP contribution in [-0.2, 0) is 4.79 Å². The fourth-order valence-electron chi connectivity index (χ4n) is 3.37. The van der Waals surface area contributed by atoms with Gasteiger partial charge < -0.3 is 10.2 Å². The molecule has 5 rings (SSSR count). The number of hydrogen-bond donors (Lipinski definition) is 1. The Labute approximate surface area is 155 Å². The number of anilines is 2. The summed E-state index contributed by atoms with van der Waals surface area (Å²) in [6.07, 6.45) is 2.98. The molecule has 0 radical (unpaired) electrons. The van der Waals surface area contributed by atoms with Crippen molar-refractivity contribution in [3.63, 3.8) is 0 Å². The zero-order chi connectivity index (χ0) is 17.7. The highest BCUT2D eigenvalue weighted by Gasteiger charge is 2.33. The molecule has 1 aromatic carbocycles. The van der Waals surface area contributed by atoms with E-state index in [1.165, 1.54) is 0 Å². The molecule has 2 fully saturated rings. The van der Waals surface area contributed by atoms with Gasteiger partial charge in [-0.2, -0.15) is 4.52 Å². The number of fused-ring (bicyclic) bond motifs is 1. The first-order valence-corrected chi connectivity index (χ1v) is 9.13. The monoisotopic (exact) mass is 368 g/mol. The maximum absolute atomic E-state index is 12.8. The minimum absolute atomic E-state index is 0.0281. The van der Waals surface area contributed by atoms with Gasteiger partial charge in [-0.25, -0.2) is 0 Å². The van der Waals surface area contributed by atoms with Gasteiger partial charge in [0.05, 0.1) is 0 Å². The summed E-state index contributed by atoms with van der Waals surface area (Å²) in [6, 6.07) is 10.8. The molecule has 1 saturated carbocycles. The van der Waals surface area contributed by atoms with E-state index in [4.69, 9.17) is 11.6 Å². The summed E-state index contributed by atoms with van der Waals surface area (Å²) >= 11 is 6.05. The zero-order valence-electron chi connectivity index (χ0n) is 14.0. The Bertz CT molecular complexity index is 998. The Morgan fingerprint density at radius 3 is 2.81 bits per heavy atom. The van der Waals surface area contributed by atoms with Gasteiger partial charge in [0.1, 0.15) is 11.9 Å². The summed E-state index contributed by atoms with van der Waals surface area (Å²) in [5, 5.41) is 16.9. The summed E-state index contributed by atoms with van der Waals surface area (Å²) in [7, 11) is 0. The number of halogens is 1. The van der Waals surface area contributed by atoms with Gasteiger partial charge in [-0.15, -0.1) is 15.3 Å². The van der Waals surface area contributed by atoms with Gasteiger partial charge in [-0.05, 0) is 49.6 Å². The highest BCUT2D eigenvalue weighted by Crippen LogP contribution is 2.38. The average Bonchev–Trinajstić information content (AvgIpc) is 3.30. The maximum Gasteiger partial charge on any atom is 0.249 e. The Morgan fingerprint density at radius 1 is 1.12 bits per heavy atom. The third kappa shape index (κ3) is 2.68. The summed E-state index contributed by atoms with van der Waals surface area (Å²) in [5.41, 5.74) is 1.56. The largest absolute Gasteiger partial charge is 0.357 e. The van der Waals surface area contributed by atoms with Crippen molar-refractivity contribution in [2.75, 3.05) is 16.8 Å². The third-order valence-corrected chi connectivity index (χ3v) is 5.11. The first-order valence-electron chi connectivity index (χ1n) is 8.75. The van der Waals surface area contributed by atoms with Crippen molar-refractivity contribution in [3.8, 4) is 0 Å². The van der Waals surface area contributed by atoms with Crippen LogP contribution < -0.4 is 10.2 Å².